The number of fused-ring (bicyclic) bond motifs is 3. The molecular formula is C12H12N2O3. The lowest BCUT2D eigenvalue weighted by Crippen LogP contribution is -2.43. The molecule has 2 aliphatic rings. The van der Waals surface area contributed by atoms with Crippen LogP contribution in [-0.4, -0.2) is 29.6 Å². The van der Waals surface area contributed by atoms with Gasteiger partial charge in [0.15, 0.2) is 0 Å². The highest BCUT2D eigenvalue weighted by molar-refractivity contribution is 6.05. The van der Waals surface area contributed by atoms with Crippen LogP contribution >= 0.6 is 0 Å². The Labute approximate surface area is 98.0 Å². The molecule has 0 aliphatic carbocycles. The minimum absolute atomic E-state index is 0.0301. The third kappa shape index (κ3) is 1.46. The minimum Gasteiger partial charge on any atom is -0.478 e. The number of carboxylic acid groups (broad SMARTS) is 1. The first-order chi connectivity index (χ1) is 8.16. The number of hydrogen-bond acceptors (Lipinski definition) is 3. The Morgan fingerprint density at radius 3 is 3.06 bits per heavy atom. The number of carbonyl (C=O) groups is 2. The lowest BCUT2D eigenvalue weighted by atomic mass is 10.1. The van der Waals surface area contributed by atoms with Crippen LogP contribution < -0.4 is 10.2 Å². The summed E-state index contributed by atoms with van der Waals surface area (Å²) < 4.78 is 0. The summed E-state index contributed by atoms with van der Waals surface area (Å²) >= 11 is 0. The molecule has 2 N–H and O–H groups in total. The van der Waals surface area contributed by atoms with Crippen molar-refractivity contribution < 1.29 is 14.7 Å². The Kier molecular flexibility index (Phi) is 2.07. The number of carboxylic acids is 1. The van der Waals surface area contributed by atoms with E-state index in [2.05, 4.69) is 10.2 Å². The second-order valence-electron chi connectivity index (χ2n) is 4.38. The molecule has 1 amide bonds. The van der Waals surface area contributed by atoms with E-state index in [1.807, 2.05) is 0 Å². The van der Waals surface area contributed by atoms with E-state index in [1.54, 1.807) is 12.1 Å². The molecule has 0 aromatic heterocycles. The normalized spacial score (nSPS) is 21.8. The van der Waals surface area contributed by atoms with E-state index in [0.717, 1.165) is 25.1 Å². The van der Waals surface area contributed by atoms with E-state index >= 15 is 0 Å². The molecule has 0 saturated carbocycles. The second kappa shape index (κ2) is 3.48. The summed E-state index contributed by atoms with van der Waals surface area (Å²) in [7, 11) is 0. The molecule has 0 radical (unpaired) electrons. The first kappa shape index (κ1) is 10.1. The maximum atomic E-state index is 11.8. The fourth-order valence-corrected chi connectivity index (χ4v) is 2.56. The predicted octanol–water partition coefficient (Wildman–Crippen LogP) is 1.31. The molecule has 1 fully saturated rings. The molecule has 1 atom stereocenters. The van der Waals surface area contributed by atoms with Crippen LogP contribution in [0.4, 0.5) is 11.4 Å². The molecule has 5 nitrogen and oxygen atoms in total. The Bertz CT molecular complexity index is 512. The Morgan fingerprint density at radius 2 is 2.29 bits per heavy atom. The highest BCUT2D eigenvalue weighted by Gasteiger charge is 2.36. The summed E-state index contributed by atoms with van der Waals surface area (Å²) in [5.74, 6) is -1.01. The fraction of sp³-hybridized carbons (Fsp3) is 0.333. The minimum atomic E-state index is -0.981. The highest BCUT2D eigenvalue weighted by Crippen LogP contribution is 2.37. The first-order valence-corrected chi connectivity index (χ1v) is 5.61. The van der Waals surface area contributed by atoms with Crippen LogP contribution in [0.1, 0.15) is 23.2 Å². The van der Waals surface area contributed by atoms with Gasteiger partial charge in [0.25, 0.3) is 0 Å². The molecule has 3 rings (SSSR count). The fourth-order valence-electron chi connectivity index (χ4n) is 2.56. The SMILES string of the molecule is O=C(O)c1ccc2c(c1)NC(=O)[C@H]1CCCN21. The number of hydrogen-bond donors (Lipinski definition) is 2. The molecule has 2 aliphatic heterocycles. The Hall–Kier alpha value is -2.04. The van der Waals surface area contributed by atoms with E-state index in [-0.39, 0.29) is 17.5 Å². The molecule has 2 heterocycles. The van der Waals surface area contributed by atoms with Crippen LogP contribution in [0.3, 0.4) is 0 Å². The molecule has 5 heteroatoms. The number of anilines is 2. The van der Waals surface area contributed by atoms with Crippen molar-refractivity contribution in [2.45, 2.75) is 18.9 Å². The number of benzene rings is 1. The van der Waals surface area contributed by atoms with Gasteiger partial charge in [-0.05, 0) is 31.0 Å². The summed E-state index contributed by atoms with van der Waals surface area (Å²) in [6.07, 6.45) is 1.87. The monoisotopic (exact) mass is 232 g/mol. The number of carbonyl (C=O) groups excluding carboxylic acids is 1. The number of aromatic carboxylic acids is 1. The third-order valence-electron chi connectivity index (χ3n) is 3.37. The number of nitrogens with one attached hydrogen (secondary N) is 1. The van der Waals surface area contributed by atoms with Crippen LogP contribution in [0.2, 0.25) is 0 Å². The van der Waals surface area contributed by atoms with Gasteiger partial charge >= 0.3 is 5.97 Å². The van der Waals surface area contributed by atoms with Crippen LogP contribution in [0, 0.1) is 0 Å². The van der Waals surface area contributed by atoms with Crippen LogP contribution in [0.15, 0.2) is 18.2 Å². The van der Waals surface area contributed by atoms with Crippen molar-refractivity contribution in [2.75, 3.05) is 16.8 Å². The predicted molar refractivity (Wildman–Crippen MR) is 62.4 cm³/mol. The molecule has 0 bridgehead atoms. The van der Waals surface area contributed by atoms with Gasteiger partial charge in [0.05, 0.1) is 16.9 Å². The van der Waals surface area contributed by atoms with Crippen molar-refractivity contribution in [1.82, 2.24) is 0 Å². The van der Waals surface area contributed by atoms with E-state index < -0.39 is 5.97 Å². The lowest BCUT2D eigenvalue weighted by molar-refractivity contribution is -0.117. The average molecular weight is 232 g/mol. The second-order valence-corrected chi connectivity index (χ2v) is 4.38. The van der Waals surface area contributed by atoms with Gasteiger partial charge in [-0.2, -0.15) is 0 Å². The molecule has 88 valence electrons. The Balaban J connectivity index is 2.07. The maximum absolute atomic E-state index is 11.8. The van der Waals surface area contributed by atoms with Gasteiger partial charge in [-0.15, -0.1) is 0 Å². The van der Waals surface area contributed by atoms with Gasteiger partial charge in [0.1, 0.15) is 6.04 Å². The number of rotatable bonds is 1. The first-order valence-electron chi connectivity index (χ1n) is 5.61. The summed E-state index contributed by atoms with van der Waals surface area (Å²) in [5.41, 5.74) is 1.73. The van der Waals surface area contributed by atoms with Gasteiger partial charge in [-0.1, -0.05) is 0 Å². The van der Waals surface area contributed by atoms with E-state index in [0.29, 0.717) is 5.69 Å². The number of nitrogens with zero attached hydrogens (tertiary/aromatic N) is 1. The molecule has 1 aromatic rings. The zero-order valence-corrected chi connectivity index (χ0v) is 9.14. The topological polar surface area (TPSA) is 69.6 Å². The summed E-state index contributed by atoms with van der Waals surface area (Å²) in [6, 6.07) is 4.78. The summed E-state index contributed by atoms with van der Waals surface area (Å²) in [5, 5.41) is 11.7. The standard InChI is InChI=1S/C12H12N2O3/c15-11-10-2-1-5-14(10)9-4-3-7(12(16)17)6-8(9)13-11/h3-4,6,10H,1-2,5H2,(H,13,15)(H,16,17)/t10-/m1/s1. The van der Waals surface area contributed by atoms with Crippen molar-refractivity contribution >= 4 is 23.3 Å². The Morgan fingerprint density at radius 1 is 1.47 bits per heavy atom. The van der Waals surface area contributed by atoms with Gasteiger partial charge in [-0.25, -0.2) is 4.79 Å². The summed E-state index contributed by atoms with van der Waals surface area (Å²) in [4.78, 5) is 24.7. The third-order valence-corrected chi connectivity index (χ3v) is 3.37. The quantitative estimate of drug-likeness (QED) is 0.765. The molecule has 17 heavy (non-hydrogen) atoms. The van der Waals surface area contributed by atoms with Gasteiger partial charge in [0.2, 0.25) is 5.91 Å². The molecule has 0 unspecified atom stereocenters. The van der Waals surface area contributed by atoms with Crippen LogP contribution in [0.25, 0.3) is 0 Å². The summed E-state index contributed by atoms with van der Waals surface area (Å²) in [6.45, 7) is 0.859. The van der Waals surface area contributed by atoms with Crippen molar-refractivity contribution in [3.63, 3.8) is 0 Å². The van der Waals surface area contributed by atoms with Crippen molar-refractivity contribution in [3.8, 4) is 0 Å². The van der Waals surface area contributed by atoms with Crippen molar-refractivity contribution in [3.05, 3.63) is 23.8 Å². The molecule has 1 saturated heterocycles. The zero-order chi connectivity index (χ0) is 12.0. The van der Waals surface area contributed by atoms with Crippen LogP contribution in [-0.2, 0) is 4.79 Å². The zero-order valence-electron chi connectivity index (χ0n) is 9.14. The average Bonchev–Trinajstić information content (AvgIpc) is 2.78. The smallest absolute Gasteiger partial charge is 0.335 e. The van der Waals surface area contributed by atoms with Crippen molar-refractivity contribution in [1.29, 1.82) is 0 Å². The molecular weight excluding hydrogens is 220 g/mol. The van der Waals surface area contributed by atoms with Gasteiger partial charge in [0, 0.05) is 6.54 Å². The molecule has 0 spiro atoms. The lowest BCUT2D eigenvalue weighted by Gasteiger charge is -2.33. The van der Waals surface area contributed by atoms with E-state index in [4.69, 9.17) is 5.11 Å². The van der Waals surface area contributed by atoms with Gasteiger partial charge < -0.3 is 15.3 Å². The highest BCUT2D eigenvalue weighted by atomic mass is 16.4. The largest absolute Gasteiger partial charge is 0.478 e. The van der Waals surface area contributed by atoms with E-state index in [9.17, 15) is 9.59 Å². The van der Waals surface area contributed by atoms with Crippen LogP contribution in [0.5, 0.6) is 0 Å². The molecule has 1 aromatic carbocycles. The van der Waals surface area contributed by atoms with Gasteiger partial charge in [-0.3, -0.25) is 4.79 Å². The van der Waals surface area contributed by atoms with E-state index in [1.165, 1.54) is 6.07 Å². The maximum Gasteiger partial charge on any atom is 0.335 e. The number of amides is 1. The van der Waals surface area contributed by atoms with Crippen molar-refractivity contribution in [2.24, 2.45) is 0 Å².